The highest BCUT2D eigenvalue weighted by atomic mass is 32.2. The molecule has 23 heavy (non-hydrogen) atoms. The fraction of sp³-hybridized carbons (Fsp3) is 0.733. The number of sulfonamides is 1. The van der Waals surface area contributed by atoms with Gasteiger partial charge in [0.2, 0.25) is 15.9 Å². The Labute approximate surface area is 142 Å². The maximum Gasteiger partial charge on any atom is 0.222 e. The Morgan fingerprint density at radius 1 is 1.48 bits per heavy atom. The molecule has 1 aliphatic heterocycles. The summed E-state index contributed by atoms with van der Waals surface area (Å²) < 4.78 is 25.7. The molecule has 1 saturated heterocycles. The van der Waals surface area contributed by atoms with E-state index in [2.05, 4.69) is 23.6 Å². The first-order valence-corrected chi connectivity index (χ1v) is 10.6. The molecule has 2 atom stereocenters. The number of thiazole rings is 1. The van der Waals surface area contributed by atoms with E-state index in [0.717, 1.165) is 10.6 Å². The Morgan fingerprint density at radius 3 is 2.70 bits per heavy atom. The molecule has 8 heteroatoms. The number of carbonyl (C=O) groups excluding carboxylic acids is 1. The summed E-state index contributed by atoms with van der Waals surface area (Å²) in [5.41, 5.74) is 2.78. The van der Waals surface area contributed by atoms with Gasteiger partial charge in [0.25, 0.3) is 0 Å². The first-order chi connectivity index (χ1) is 10.7. The lowest BCUT2D eigenvalue weighted by atomic mass is 9.92. The highest BCUT2D eigenvalue weighted by molar-refractivity contribution is 7.88. The smallest absolute Gasteiger partial charge is 0.222 e. The Hall–Kier alpha value is -0.990. The molecule has 0 aromatic carbocycles. The van der Waals surface area contributed by atoms with Crippen LogP contribution in [0.1, 0.15) is 30.8 Å². The summed E-state index contributed by atoms with van der Waals surface area (Å²) in [4.78, 5) is 19.6. The number of aromatic nitrogens is 1. The van der Waals surface area contributed by atoms with Gasteiger partial charge in [-0.05, 0) is 25.2 Å². The van der Waals surface area contributed by atoms with Crippen LogP contribution in [0.2, 0.25) is 0 Å². The number of hydrogen-bond donors (Lipinski definition) is 1. The average Bonchev–Trinajstić information content (AvgIpc) is 3.01. The van der Waals surface area contributed by atoms with Gasteiger partial charge in [0, 0.05) is 30.4 Å². The van der Waals surface area contributed by atoms with Crippen molar-refractivity contribution in [3.05, 3.63) is 16.1 Å². The Balaban J connectivity index is 1.97. The quantitative estimate of drug-likeness (QED) is 0.833. The van der Waals surface area contributed by atoms with Crippen molar-refractivity contribution in [1.29, 1.82) is 0 Å². The molecule has 6 nitrogen and oxygen atoms in total. The van der Waals surface area contributed by atoms with Gasteiger partial charge < -0.3 is 4.90 Å². The van der Waals surface area contributed by atoms with E-state index in [1.807, 2.05) is 6.92 Å². The van der Waals surface area contributed by atoms with Crippen molar-refractivity contribution in [2.24, 2.45) is 11.8 Å². The summed E-state index contributed by atoms with van der Waals surface area (Å²) in [6.45, 7) is 7.15. The Kier molecular flexibility index (Phi) is 5.80. The van der Waals surface area contributed by atoms with Crippen molar-refractivity contribution in [1.82, 2.24) is 14.6 Å². The molecule has 0 radical (unpaired) electrons. The minimum atomic E-state index is -3.27. The summed E-state index contributed by atoms with van der Waals surface area (Å²) in [5, 5.41) is 0. The number of aryl methyl sites for hydroxylation is 2. The van der Waals surface area contributed by atoms with Crippen LogP contribution in [-0.4, -0.2) is 49.6 Å². The molecule has 0 saturated carbocycles. The summed E-state index contributed by atoms with van der Waals surface area (Å²) in [6, 6.07) is -0.195. The van der Waals surface area contributed by atoms with Crippen LogP contribution in [0.5, 0.6) is 0 Å². The Morgan fingerprint density at radius 2 is 2.17 bits per heavy atom. The van der Waals surface area contributed by atoms with Crippen LogP contribution in [0.3, 0.4) is 0 Å². The maximum atomic E-state index is 12.5. The van der Waals surface area contributed by atoms with E-state index in [1.165, 1.54) is 6.26 Å². The van der Waals surface area contributed by atoms with Gasteiger partial charge >= 0.3 is 0 Å². The lowest BCUT2D eigenvalue weighted by molar-refractivity contribution is -0.130. The van der Waals surface area contributed by atoms with Crippen LogP contribution in [-0.2, 0) is 21.2 Å². The van der Waals surface area contributed by atoms with Crippen LogP contribution in [0.15, 0.2) is 5.51 Å². The summed E-state index contributed by atoms with van der Waals surface area (Å²) in [6.07, 6.45) is 2.31. The monoisotopic (exact) mass is 359 g/mol. The molecule has 0 bridgehead atoms. The van der Waals surface area contributed by atoms with Gasteiger partial charge in [0.05, 0.1) is 17.5 Å². The molecule has 0 spiro atoms. The third-order valence-electron chi connectivity index (χ3n) is 4.35. The van der Waals surface area contributed by atoms with Gasteiger partial charge in [-0.1, -0.05) is 13.8 Å². The summed E-state index contributed by atoms with van der Waals surface area (Å²) in [5.74, 6) is 0.552. The molecule has 1 aromatic heterocycles. The summed E-state index contributed by atoms with van der Waals surface area (Å²) >= 11 is 1.57. The summed E-state index contributed by atoms with van der Waals surface area (Å²) in [7, 11) is -3.27. The van der Waals surface area contributed by atoms with Crippen LogP contribution in [0, 0.1) is 18.8 Å². The first kappa shape index (κ1) is 18.4. The fourth-order valence-electron chi connectivity index (χ4n) is 3.05. The molecule has 130 valence electrons. The second-order valence-corrected chi connectivity index (χ2v) is 9.28. The highest BCUT2D eigenvalue weighted by Gasteiger charge is 2.37. The van der Waals surface area contributed by atoms with Gasteiger partial charge in [0.1, 0.15) is 0 Å². The van der Waals surface area contributed by atoms with E-state index in [-0.39, 0.29) is 17.9 Å². The van der Waals surface area contributed by atoms with E-state index in [0.29, 0.717) is 31.8 Å². The van der Waals surface area contributed by atoms with E-state index in [9.17, 15) is 13.2 Å². The van der Waals surface area contributed by atoms with Crippen molar-refractivity contribution in [3.8, 4) is 0 Å². The molecule has 1 aromatic rings. The SMILES string of the molecule is Cc1ncsc1CCC(=O)N1CC(NS(C)(=O)=O)C(C(C)C)C1. The molecule has 1 fully saturated rings. The van der Waals surface area contributed by atoms with Crippen molar-refractivity contribution in [2.45, 2.75) is 39.7 Å². The van der Waals surface area contributed by atoms with E-state index in [1.54, 1.807) is 21.7 Å². The van der Waals surface area contributed by atoms with Gasteiger partial charge in [0.15, 0.2) is 0 Å². The van der Waals surface area contributed by atoms with Crippen LogP contribution < -0.4 is 4.72 Å². The minimum absolute atomic E-state index is 0.0845. The molecule has 2 unspecified atom stereocenters. The normalized spacial score (nSPS) is 22.0. The van der Waals surface area contributed by atoms with E-state index in [4.69, 9.17) is 0 Å². The van der Waals surface area contributed by atoms with Gasteiger partial charge in [-0.2, -0.15) is 0 Å². The maximum absolute atomic E-state index is 12.5. The molecule has 1 amide bonds. The number of rotatable bonds is 6. The number of likely N-dealkylation sites (tertiary alicyclic amines) is 1. The molecule has 0 aliphatic carbocycles. The molecular formula is C15H25N3O3S2. The van der Waals surface area contributed by atoms with Crippen LogP contribution in [0.25, 0.3) is 0 Å². The molecule has 2 rings (SSSR count). The third kappa shape index (κ3) is 4.99. The molecular weight excluding hydrogens is 334 g/mol. The number of carbonyl (C=O) groups is 1. The first-order valence-electron chi connectivity index (χ1n) is 7.81. The second-order valence-electron chi connectivity index (χ2n) is 6.56. The van der Waals surface area contributed by atoms with Crippen molar-refractivity contribution in [3.63, 3.8) is 0 Å². The number of hydrogen-bond acceptors (Lipinski definition) is 5. The van der Waals surface area contributed by atoms with E-state index < -0.39 is 10.0 Å². The minimum Gasteiger partial charge on any atom is -0.341 e. The van der Waals surface area contributed by atoms with Gasteiger partial charge in [-0.15, -0.1) is 11.3 Å². The lowest BCUT2D eigenvalue weighted by Gasteiger charge is -2.21. The molecule has 1 aliphatic rings. The average molecular weight is 360 g/mol. The van der Waals surface area contributed by atoms with E-state index >= 15 is 0 Å². The van der Waals surface area contributed by atoms with Crippen molar-refractivity contribution in [2.75, 3.05) is 19.3 Å². The topological polar surface area (TPSA) is 79.4 Å². The zero-order valence-electron chi connectivity index (χ0n) is 14.1. The second kappa shape index (κ2) is 7.27. The highest BCUT2D eigenvalue weighted by Crippen LogP contribution is 2.26. The third-order valence-corrected chi connectivity index (χ3v) is 6.08. The Bertz CT molecular complexity index is 655. The molecule has 2 heterocycles. The van der Waals surface area contributed by atoms with Crippen LogP contribution >= 0.6 is 11.3 Å². The van der Waals surface area contributed by atoms with Gasteiger partial charge in [-0.3, -0.25) is 4.79 Å². The standard InChI is InChI=1S/C15H25N3O3S2/c1-10(2)12-7-18(8-13(12)17-23(4,20)21)15(19)6-5-14-11(3)16-9-22-14/h9-10,12-13,17H,5-8H2,1-4H3. The zero-order chi connectivity index (χ0) is 17.2. The van der Waals surface area contributed by atoms with Crippen LogP contribution in [0.4, 0.5) is 0 Å². The lowest BCUT2D eigenvalue weighted by Crippen LogP contribution is -2.41. The largest absolute Gasteiger partial charge is 0.341 e. The predicted molar refractivity (Wildman–Crippen MR) is 91.8 cm³/mol. The van der Waals surface area contributed by atoms with Crippen molar-refractivity contribution < 1.29 is 13.2 Å². The molecule has 1 N–H and O–H groups in total. The number of amides is 1. The number of nitrogens with zero attached hydrogens (tertiary/aromatic N) is 2. The number of nitrogens with one attached hydrogen (secondary N) is 1. The van der Waals surface area contributed by atoms with Crippen molar-refractivity contribution >= 4 is 27.3 Å². The fourth-order valence-corrected chi connectivity index (χ4v) is 4.63. The van der Waals surface area contributed by atoms with Gasteiger partial charge in [-0.25, -0.2) is 18.1 Å². The predicted octanol–water partition coefficient (Wildman–Crippen LogP) is 1.42. The zero-order valence-corrected chi connectivity index (χ0v) is 15.7.